The van der Waals surface area contributed by atoms with Gasteiger partial charge in [-0.05, 0) is 29.5 Å². The van der Waals surface area contributed by atoms with E-state index in [9.17, 15) is 14.7 Å². The molecule has 2 aromatic carbocycles. The van der Waals surface area contributed by atoms with Crippen molar-refractivity contribution in [2.45, 2.75) is 6.54 Å². The number of aromatic hydroxyl groups is 1. The van der Waals surface area contributed by atoms with Crippen molar-refractivity contribution < 1.29 is 19.4 Å². The second-order valence-electron chi connectivity index (χ2n) is 5.15. The van der Waals surface area contributed by atoms with Crippen LogP contribution in [0.1, 0.15) is 11.1 Å². The summed E-state index contributed by atoms with van der Waals surface area (Å²) >= 11 is 0.865. The highest BCUT2D eigenvalue weighted by molar-refractivity contribution is 8.18. The summed E-state index contributed by atoms with van der Waals surface area (Å²) in [4.78, 5) is 26.1. The molecular formula is C18H15NO4S. The summed E-state index contributed by atoms with van der Waals surface area (Å²) in [5.74, 6) is -0.113. The van der Waals surface area contributed by atoms with Crippen LogP contribution in [0.4, 0.5) is 4.79 Å². The lowest BCUT2D eigenvalue weighted by atomic mass is 10.1. The number of amides is 2. The zero-order valence-electron chi connectivity index (χ0n) is 12.9. The number of rotatable bonds is 4. The maximum Gasteiger partial charge on any atom is 0.293 e. The third-order valence-corrected chi connectivity index (χ3v) is 4.50. The predicted molar refractivity (Wildman–Crippen MR) is 92.6 cm³/mol. The molecule has 0 unspecified atom stereocenters. The minimum atomic E-state index is -0.365. The van der Waals surface area contributed by atoms with Gasteiger partial charge in [-0.15, -0.1) is 0 Å². The average Bonchev–Trinajstić information content (AvgIpc) is 2.85. The second kappa shape index (κ2) is 6.80. The maximum absolute atomic E-state index is 12.5. The van der Waals surface area contributed by atoms with Crippen LogP contribution in [0.5, 0.6) is 11.5 Å². The molecule has 0 saturated carbocycles. The van der Waals surface area contributed by atoms with Gasteiger partial charge >= 0.3 is 0 Å². The number of carbonyl (C=O) groups excluding carboxylic acids is 2. The summed E-state index contributed by atoms with van der Waals surface area (Å²) in [6, 6.07) is 14.3. The number of ether oxygens (including phenoxy) is 1. The molecule has 2 aromatic rings. The zero-order chi connectivity index (χ0) is 17.1. The van der Waals surface area contributed by atoms with Gasteiger partial charge in [0.2, 0.25) is 0 Å². The molecule has 1 aliphatic rings. The molecule has 0 atom stereocenters. The molecule has 1 heterocycles. The summed E-state index contributed by atoms with van der Waals surface area (Å²) in [7, 11) is 1.45. The number of thioether (sulfide) groups is 1. The van der Waals surface area contributed by atoms with E-state index in [4.69, 9.17) is 4.74 Å². The number of imide groups is 1. The van der Waals surface area contributed by atoms with Gasteiger partial charge in [0.25, 0.3) is 11.1 Å². The van der Waals surface area contributed by atoms with E-state index in [-0.39, 0.29) is 28.3 Å². The van der Waals surface area contributed by atoms with Crippen molar-refractivity contribution in [2.75, 3.05) is 7.11 Å². The van der Waals surface area contributed by atoms with Gasteiger partial charge in [-0.1, -0.05) is 42.5 Å². The number of para-hydroxylation sites is 1. The molecule has 5 nitrogen and oxygen atoms in total. The Bertz CT molecular complexity index is 817. The summed E-state index contributed by atoms with van der Waals surface area (Å²) in [6.45, 7) is 0.229. The van der Waals surface area contributed by atoms with Gasteiger partial charge in [-0.2, -0.15) is 0 Å². The molecule has 0 spiro atoms. The Morgan fingerprint density at radius 3 is 2.58 bits per heavy atom. The van der Waals surface area contributed by atoms with Gasteiger partial charge in [-0.3, -0.25) is 14.5 Å². The molecule has 0 bridgehead atoms. The highest BCUT2D eigenvalue weighted by atomic mass is 32.2. The molecule has 0 aromatic heterocycles. The lowest BCUT2D eigenvalue weighted by molar-refractivity contribution is -0.123. The van der Waals surface area contributed by atoms with Gasteiger partial charge < -0.3 is 9.84 Å². The monoisotopic (exact) mass is 341 g/mol. The molecule has 0 aliphatic carbocycles. The molecule has 1 aliphatic heterocycles. The number of phenolic OH excluding ortho intramolecular Hbond substituents is 1. The summed E-state index contributed by atoms with van der Waals surface area (Å²) in [5.41, 5.74) is 1.31. The summed E-state index contributed by atoms with van der Waals surface area (Å²) < 4.78 is 5.05. The Hall–Kier alpha value is -2.73. The first-order valence-corrected chi connectivity index (χ1v) is 8.07. The minimum absolute atomic E-state index is 0.0603. The fourth-order valence-corrected chi connectivity index (χ4v) is 3.19. The molecule has 6 heteroatoms. The first-order chi connectivity index (χ1) is 11.6. The largest absolute Gasteiger partial charge is 0.504 e. The highest BCUT2D eigenvalue weighted by Crippen LogP contribution is 2.37. The Morgan fingerprint density at radius 2 is 1.88 bits per heavy atom. The van der Waals surface area contributed by atoms with Crippen molar-refractivity contribution in [2.24, 2.45) is 0 Å². The summed E-state index contributed by atoms with van der Waals surface area (Å²) in [6.07, 6.45) is 1.51. The molecule has 24 heavy (non-hydrogen) atoms. The van der Waals surface area contributed by atoms with Crippen LogP contribution in [-0.2, 0) is 11.3 Å². The molecule has 2 amide bonds. The molecule has 1 N–H and O–H groups in total. The molecule has 3 rings (SSSR count). The summed E-state index contributed by atoms with van der Waals surface area (Å²) in [5, 5.41) is 9.79. The normalized spacial score (nSPS) is 16.0. The topological polar surface area (TPSA) is 66.8 Å². The van der Waals surface area contributed by atoms with Crippen LogP contribution >= 0.6 is 11.8 Å². The van der Waals surface area contributed by atoms with E-state index in [2.05, 4.69) is 0 Å². The number of phenols is 1. The van der Waals surface area contributed by atoms with Crippen LogP contribution in [-0.4, -0.2) is 28.3 Å². The van der Waals surface area contributed by atoms with E-state index in [0.717, 1.165) is 17.3 Å². The number of nitrogens with zero attached hydrogens (tertiary/aromatic N) is 1. The number of methoxy groups -OCH3 is 1. The molecule has 1 fully saturated rings. The Kier molecular flexibility index (Phi) is 4.57. The standard InChI is InChI=1S/C18H15NO4S/c1-23-14-9-5-8-13(16(14)20)10-15-17(21)19(18(22)24-15)11-12-6-3-2-4-7-12/h2-10,20H,11H2,1H3/b15-10-. The van der Waals surface area contributed by atoms with E-state index < -0.39 is 0 Å². The van der Waals surface area contributed by atoms with Crippen LogP contribution in [0.15, 0.2) is 53.4 Å². The van der Waals surface area contributed by atoms with E-state index in [1.807, 2.05) is 30.3 Å². The van der Waals surface area contributed by atoms with E-state index in [0.29, 0.717) is 11.3 Å². The fraction of sp³-hybridized carbons (Fsp3) is 0.111. The second-order valence-corrected chi connectivity index (χ2v) is 6.14. The van der Waals surface area contributed by atoms with Crippen molar-refractivity contribution in [1.82, 2.24) is 4.90 Å². The molecular weight excluding hydrogens is 326 g/mol. The lowest BCUT2D eigenvalue weighted by Crippen LogP contribution is -2.27. The first-order valence-electron chi connectivity index (χ1n) is 7.25. The quantitative estimate of drug-likeness (QED) is 0.860. The average molecular weight is 341 g/mol. The zero-order valence-corrected chi connectivity index (χ0v) is 13.7. The Labute approximate surface area is 143 Å². The van der Waals surface area contributed by atoms with E-state index in [1.165, 1.54) is 18.1 Å². The van der Waals surface area contributed by atoms with E-state index in [1.54, 1.807) is 18.2 Å². The van der Waals surface area contributed by atoms with Crippen LogP contribution in [0.3, 0.4) is 0 Å². The van der Waals surface area contributed by atoms with Crippen LogP contribution in [0.2, 0.25) is 0 Å². The van der Waals surface area contributed by atoms with Gasteiger partial charge in [0.05, 0.1) is 18.6 Å². The lowest BCUT2D eigenvalue weighted by Gasteiger charge is -2.12. The third-order valence-electron chi connectivity index (χ3n) is 3.59. The minimum Gasteiger partial charge on any atom is -0.504 e. The number of benzene rings is 2. The Balaban J connectivity index is 1.86. The first kappa shape index (κ1) is 16.1. The van der Waals surface area contributed by atoms with Crippen LogP contribution < -0.4 is 4.74 Å². The van der Waals surface area contributed by atoms with E-state index >= 15 is 0 Å². The third kappa shape index (κ3) is 3.14. The van der Waals surface area contributed by atoms with Crippen LogP contribution in [0.25, 0.3) is 6.08 Å². The molecule has 122 valence electrons. The van der Waals surface area contributed by atoms with Crippen molar-refractivity contribution in [1.29, 1.82) is 0 Å². The van der Waals surface area contributed by atoms with Crippen molar-refractivity contribution in [3.8, 4) is 11.5 Å². The number of carbonyl (C=O) groups is 2. The fourth-order valence-electron chi connectivity index (χ4n) is 2.36. The maximum atomic E-state index is 12.5. The van der Waals surface area contributed by atoms with Crippen molar-refractivity contribution in [3.63, 3.8) is 0 Å². The van der Waals surface area contributed by atoms with Crippen molar-refractivity contribution >= 4 is 29.0 Å². The number of hydrogen-bond donors (Lipinski definition) is 1. The van der Waals surface area contributed by atoms with Crippen molar-refractivity contribution in [3.05, 3.63) is 64.6 Å². The highest BCUT2D eigenvalue weighted by Gasteiger charge is 2.35. The number of hydrogen-bond acceptors (Lipinski definition) is 5. The van der Waals surface area contributed by atoms with Gasteiger partial charge in [0, 0.05) is 5.56 Å². The van der Waals surface area contributed by atoms with Crippen LogP contribution in [0, 0.1) is 0 Å². The predicted octanol–water partition coefficient (Wildman–Crippen LogP) is 3.64. The smallest absolute Gasteiger partial charge is 0.293 e. The SMILES string of the molecule is COc1cccc(/C=C2\SC(=O)N(Cc3ccccc3)C2=O)c1O. The molecule has 1 saturated heterocycles. The van der Waals surface area contributed by atoms with Gasteiger partial charge in [0.1, 0.15) is 0 Å². The van der Waals surface area contributed by atoms with Gasteiger partial charge in [-0.25, -0.2) is 0 Å². The molecule has 0 radical (unpaired) electrons. The Morgan fingerprint density at radius 1 is 1.12 bits per heavy atom. The van der Waals surface area contributed by atoms with Gasteiger partial charge in [0.15, 0.2) is 11.5 Å².